The Morgan fingerprint density at radius 3 is 2.50 bits per heavy atom. The van der Waals surface area contributed by atoms with Crippen LogP contribution in [0.4, 0.5) is 0 Å². The van der Waals surface area contributed by atoms with Crippen molar-refractivity contribution in [2.45, 2.75) is 19.9 Å². The Morgan fingerprint density at radius 1 is 1.05 bits per heavy atom. The van der Waals surface area contributed by atoms with Gasteiger partial charge in [0.1, 0.15) is 0 Å². The molecule has 0 saturated heterocycles. The Morgan fingerprint density at radius 2 is 1.80 bits per heavy atom. The van der Waals surface area contributed by atoms with Crippen molar-refractivity contribution < 1.29 is 0 Å². The summed E-state index contributed by atoms with van der Waals surface area (Å²) in [4.78, 5) is 1.39. The molecule has 0 fully saturated rings. The quantitative estimate of drug-likeness (QED) is 0.716. The maximum atomic E-state index is 3.61. The minimum atomic E-state index is 0.290. The van der Waals surface area contributed by atoms with E-state index in [0.29, 0.717) is 0 Å². The van der Waals surface area contributed by atoms with Crippen LogP contribution in [0.3, 0.4) is 0 Å². The maximum Gasteiger partial charge on any atom is 0.0671 e. The molecule has 0 aliphatic rings. The Balaban J connectivity index is 2.03. The third-order valence-corrected chi connectivity index (χ3v) is 4.73. The van der Waals surface area contributed by atoms with Gasteiger partial charge in [-0.25, -0.2) is 0 Å². The maximum absolute atomic E-state index is 3.61. The number of benzene rings is 2. The first-order valence-corrected chi connectivity index (χ1v) is 7.88. The fraction of sp³-hybridized carbons (Fsp3) is 0.222. The summed E-state index contributed by atoms with van der Waals surface area (Å²) >= 11 is 1.88. The molecule has 0 radical (unpaired) electrons. The van der Waals surface area contributed by atoms with Gasteiger partial charge in [0.25, 0.3) is 0 Å². The molecule has 0 spiro atoms. The predicted octanol–water partition coefficient (Wildman–Crippen LogP) is 4.91. The highest BCUT2D eigenvalue weighted by Crippen LogP contribution is 2.33. The highest BCUT2D eigenvalue weighted by molar-refractivity contribution is 7.19. The summed E-state index contributed by atoms with van der Waals surface area (Å²) in [5, 5.41) is 4.94. The standard InChI is InChI=1S/C18H19NS/c1-3-19-18(14-10-8-13(2)9-11-14)17-12-15-6-4-5-7-16(15)20-17/h4-12,18-19H,3H2,1-2H3. The van der Waals surface area contributed by atoms with Gasteiger partial charge in [-0.2, -0.15) is 0 Å². The van der Waals surface area contributed by atoms with E-state index in [0.717, 1.165) is 6.54 Å². The molecule has 2 heteroatoms. The molecule has 0 saturated carbocycles. The first-order valence-electron chi connectivity index (χ1n) is 7.06. The number of aryl methyl sites for hydroxylation is 1. The lowest BCUT2D eigenvalue weighted by Gasteiger charge is -2.17. The van der Waals surface area contributed by atoms with Gasteiger partial charge < -0.3 is 5.32 Å². The van der Waals surface area contributed by atoms with Crippen LogP contribution >= 0.6 is 11.3 Å². The van der Waals surface area contributed by atoms with Crippen LogP contribution in [0.5, 0.6) is 0 Å². The number of nitrogens with one attached hydrogen (secondary N) is 1. The molecule has 1 aromatic heterocycles. The van der Waals surface area contributed by atoms with Crippen molar-refractivity contribution >= 4 is 21.4 Å². The van der Waals surface area contributed by atoms with Crippen LogP contribution in [-0.2, 0) is 0 Å². The molecular weight excluding hydrogens is 262 g/mol. The van der Waals surface area contributed by atoms with E-state index in [2.05, 4.69) is 73.8 Å². The minimum Gasteiger partial charge on any atom is -0.306 e. The van der Waals surface area contributed by atoms with Crippen LogP contribution in [0.15, 0.2) is 54.6 Å². The molecule has 1 heterocycles. The minimum absolute atomic E-state index is 0.290. The smallest absolute Gasteiger partial charge is 0.0671 e. The SMILES string of the molecule is CCNC(c1ccc(C)cc1)c1cc2ccccc2s1. The number of thiophene rings is 1. The van der Waals surface area contributed by atoms with E-state index < -0.39 is 0 Å². The van der Waals surface area contributed by atoms with Crippen molar-refractivity contribution in [2.75, 3.05) is 6.54 Å². The Bertz CT molecular complexity index is 664. The van der Waals surface area contributed by atoms with Crippen molar-refractivity contribution in [3.63, 3.8) is 0 Å². The molecule has 1 atom stereocenters. The Hall–Kier alpha value is -1.64. The number of fused-ring (bicyclic) bond motifs is 1. The van der Waals surface area contributed by atoms with Crippen LogP contribution in [0, 0.1) is 6.92 Å². The van der Waals surface area contributed by atoms with Crippen LogP contribution in [0.1, 0.15) is 29.0 Å². The van der Waals surface area contributed by atoms with E-state index in [4.69, 9.17) is 0 Å². The van der Waals surface area contributed by atoms with Gasteiger partial charge in [-0.05, 0) is 36.6 Å². The molecule has 1 nitrogen and oxygen atoms in total. The van der Waals surface area contributed by atoms with E-state index in [1.54, 1.807) is 0 Å². The van der Waals surface area contributed by atoms with Gasteiger partial charge in [-0.3, -0.25) is 0 Å². The van der Waals surface area contributed by atoms with Gasteiger partial charge in [-0.1, -0.05) is 55.0 Å². The van der Waals surface area contributed by atoms with Gasteiger partial charge in [0.15, 0.2) is 0 Å². The average Bonchev–Trinajstić information content (AvgIpc) is 2.89. The third kappa shape index (κ3) is 2.62. The van der Waals surface area contributed by atoms with Gasteiger partial charge in [0.2, 0.25) is 0 Å². The lowest BCUT2D eigenvalue weighted by atomic mass is 10.0. The van der Waals surface area contributed by atoms with Crippen LogP contribution in [-0.4, -0.2) is 6.54 Å². The van der Waals surface area contributed by atoms with E-state index in [1.165, 1.54) is 26.1 Å². The molecule has 3 rings (SSSR count). The first-order chi connectivity index (χ1) is 9.78. The van der Waals surface area contributed by atoms with E-state index in [1.807, 2.05) is 11.3 Å². The normalized spacial score (nSPS) is 12.7. The fourth-order valence-electron chi connectivity index (χ4n) is 2.49. The summed E-state index contributed by atoms with van der Waals surface area (Å²) in [6, 6.07) is 20.0. The highest BCUT2D eigenvalue weighted by atomic mass is 32.1. The molecule has 102 valence electrons. The van der Waals surface area contributed by atoms with Crippen molar-refractivity contribution in [1.29, 1.82) is 0 Å². The van der Waals surface area contributed by atoms with E-state index >= 15 is 0 Å². The second-order valence-electron chi connectivity index (χ2n) is 5.09. The highest BCUT2D eigenvalue weighted by Gasteiger charge is 2.15. The van der Waals surface area contributed by atoms with Crippen LogP contribution in [0.2, 0.25) is 0 Å². The molecule has 0 bridgehead atoms. The van der Waals surface area contributed by atoms with Crippen molar-refractivity contribution in [3.8, 4) is 0 Å². The second kappa shape index (κ2) is 5.78. The van der Waals surface area contributed by atoms with Gasteiger partial charge in [0, 0.05) is 9.58 Å². The molecule has 2 aromatic carbocycles. The average molecular weight is 281 g/mol. The van der Waals surface area contributed by atoms with Crippen LogP contribution < -0.4 is 5.32 Å². The molecule has 0 amide bonds. The number of rotatable bonds is 4. The zero-order valence-electron chi connectivity index (χ0n) is 11.9. The molecule has 0 aliphatic carbocycles. The molecule has 1 N–H and O–H groups in total. The molecular formula is C18H19NS. The molecule has 0 aliphatic heterocycles. The lowest BCUT2D eigenvalue weighted by Crippen LogP contribution is -2.20. The van der Waals surface area contributed by atoms with Crippen molar-refractivity contribution in [3.05, 3.63) is 70.6 Å². The summed E-state index contributed by atoms with van der Waals surface area (Å²) < 4.78 is 1.36. The van der Waals surface area contributed by atoms with Crippen molar-refractivity contribution in [1.82, 2.24) is 5.32 Å². The number of hydrogen-bond donors (Lipinski definition) is 1. The number of hydrogen-bond acceptors (Lipinski definition) is 2. The second-order valence-corrected chi connectivity index (χ2v) is 6.20. The summed E-state index contributed by atoms with van der Waals surface area (Å²) in [6.45, 7) is 5.26. The van der Waals surface area contributed by atoms with Crippen molar-refractivity contribution in [2.24, 2.45) is 0 Å². The zero-order valence-corrected chi connectivity index (χ0v) is 12.7. The van der Waals surface area contributed by atoms with E-state index in [-0.39, 0.29) is 6.04 Å². The Kier molecular flexibility index (Phi) is 3.86. The largest absolute Gasteiger partial charge is 0.306 e. The fourth-order valence-corrected chi connectivity index (χ4v) is 3.66. The van der Waals surface area contributed by atoms with E-state index in [9.17, 15) is 0 Å². The van der Waals surface area contributed by atoms with Gasteiger partial charge >= 0.3 is 0 Å². The van der Waals surface area contributed by atoms with Gasteiger partial charge in [0.05, 0.1) is 6.04 Å². The Labute approximate surface area is 124 Å². The first kappa shape index (κ1) is 13.3. The monoisotopic (exact) mass is 281 g/mol. The zero-order chi connectivity index (χ0) is 13.9. The summed E-state index contributed by atoms with van der Waals surface area (Å²) in [7, 11) is 0. The lowest BCUT2D eigenvalue weighted by molar-refractivity contribution is 0.640. The topological polar surface area (TPSA) is 12.0 Å². The molecule has 20 heavy (non-hydrogen) atoms. The van der Waals surface area contributed by atoms with Gasteiger partial charge in [-0.15, -0.1) is 11.3 Å². The summed E-state index contributed by atoms with van der Waals surface area (Å²) in [5.41, 5.74) is 2.64. The summed E-state index contributed by atoms with van der Waals surface area (Å²) in [6.07, 6.45) is 0. The molecule has 1 unspecified atom stereocenters. The summed E-state index contributed by atoms with van der Waals surface area (Å²) in [5.74, 6) is 0. The van der Waals surface area contributed by atoms with Crippen LogP contribution in [0.25, 0.3) is 10.1 Å². The molecule has 3 aromatic rings. The predicted molar refractivity (Wildman–Crippen MR) is 88.5 cm³/mol. The third-order valence-electron chi connectivity index (χ3n) is 3.55.